The summed E-state index contributed by atoms with van der Waals surface area (Å²) in [4.78, 5) is 247. The molecule has 32 atom stereocenters. The van der Waals surface area contributed by atoms with E-state index in [9.17, 15) is 142 Å². The zero-order valence-corrected chi connectivity index (χ0v) is 74.2. The first kappa shape index (κ1) is 114. The number of nitrogens with one attached hydrogen (secondary N) is 13. The molecular weight excluding hydrogens is 1770 g/mol. The first-order valence-electron chi connectivity index (χ1n) is 41.9. The summed E-state index contributed by atoms with van der Waals surface area (Å²) in [6, 6.07) is -22.2. The summed E-state index contributed by atoms with van der Waals surface area (Å²) in [6.45, 7) is 8.50. The Labute approximate surface area is 754 Å². The second-order valence-electron chi connectivity index (χ2n) is 32.0. The van der Waals surface area contributed by atoms with Crippen molar-refractivity contribution in [2.45, 2.75) is 336 Å². The molecule has 0 aliphatic carbocycles. The van der Waals surface area contributed by atoms with Crippen molar-refractivity contribution in [1.82, 2.24) is 69.1 Å². The maximum absolute atomic E-state index is 14.0. The van der Waals surface area contributed by atoms with Crippen LogP contribution < -0.4 is 97.8 Å². The highest BCUT2D eigenvalue weighted by molar-refractivity contribution is 5.96. The van der Waals surface area contributed by atoms with Crippen LogP contribution in [0.25, 0.3) is 0 Å². The number of aliphatic hydroxyl groups is 9. The van der Waals surface area contributed by atoms with E-state index in [1.54, 1.807) is 0 Å². The average Bonchev–Trinajstić information content (AvgIpc) is 0.774. The molecule has 132 heavy (non-hydrogen) atoms. The molecule has 0 spiro atoms. The molecule has 748 valence electrons. The van der Waals surface area contributed by atoms with Crippen LogP contribution in [0.15, 0.2) is 0 Å². The van der Waals surface area contributed by atoms with Gasteiger partial charge in [-0.2, -0.15) is 0 Å². The molecule has 0 aromatic heterocycles. The summed E-state index contributed by atoms with van der Waals surface area (Å²) < 4.78 is 51.9. The van der Waals surface area contributed by atoms with Crippen molar-refractivity contribution in [1.29, 1.82) is 0 Å². The van der Waals surface area contributed by atoms with E-state index in [0.29, 0.717) is 0 Å². The molecule has 0 radical (unpaired) electrons. The lowest BCUT2D eigenvalue weighted by Gasteiger charge is -2.48. The first-order valence-corrected chi connectivity index (χ1v) is 41.9. The Balaban J connectivity index is 1.42. The largest absolute Gasteiger partial charge is 0.480 e. The molecule has 4 heterocycles. The highest BCUT2D eigenvalue weighted by Crippen LogP contribution is 2.34. The number of carboxylic acid groups (broad SMARTS) is 1. The van der Waals surface area contributed by atoms with Gasteiger partial charge in [-0.05, 0) is 92.9 Å². The fourth-order valence-electron chi connectivity index (χ4n) is 14.0. The van der Waals surface area contributed by atoms with Crippen LogP contribution in [0, 0.1) is 0 Å². The number of carbonyl (C=O) groups is 19. The van der Waals surface area contributed by atoms with Gasteiger partial charge in [-0.1, -0.05) is 0 Å². The molecule has 4 rings (SSSR count). The molecule has 33 N–H and O–H groups in total. The molecule has 0 aromatic carbocycles. The van der Waals surface area contributed by atoms with Gasteiger partial charge in [0.25, 0.3) is 0 Å². The van der Waals surface area contributed by atoms with Gasteiger partial charge in [0.1, 0.15) is 171 Å². The van der Waals surface area contributed by atoms with Crippen LogP contribution in [0.1, 0.15) is 140 Å². The fourth-order valence-corrected chi connectivity index (χ4v) is 14.0. The van der Waals surface area contributed by atoms with Crippen LogP contribution >= 0.6 is 0 Å². The van der Waals surface area contributed by atoms with Crippen LogP contribution in [0.4, 0.5) is 0 Å². The Morgan fingerprint density at radius 3 is 1.00 bits per heavy atom. The van der Waals surface area contributed by atoms with Crippen molar-refractivity contribution in [3.05, 3.63) is 0 Å². The summed E-state index contributed by atoms with van der Waals surface area (Å²) >= 11 is 0. The summed E-state index contributed by atoms with van der Waals surface area (Å²) in [6.07, 6.45) is -35.7. The second-order valence-corrected chi connectivity index (χ2v) is 32.0. The Bertz CT molecular complexity index is 4010. The quantitative estimate of drug-likeness (QED) is 0.0252. The fraction of sp³-hybridized carbons (Fsp3) is 0.750. The van der Waals surface area contributed by atoms with Crippen molar-refractivity contribution in [3.8, 4) is 0 Å². The highest BCUT2D eigenvalue weighted by Gasteiger charge is 2.56. The number of nitrogens with two attached hydrogens (primary N) is 5. The molecule has 56 nitrogen and oxygen atoms in total. The molecule has 4 saturated heterocycles. The van der Waals surface area contributed by atoms with Gasteiger partial charge in [0, 0.05) is 47.5 Å². The van der Waals surface area contributed by atoms with E-state index < -0.39 is 373 Å². The van der Waals surface area contributed by atoms with E-state index in [1.807, 2.05) is 0 Å². The molecule has 0 aromatic rings. The Morgan fingerprint density at radius 1 is 0.348 bits per heavy atom. The van der Waals surface area contributed by atoms with Gasteiger partial charge in [0.15, 0.2) is 25.2 Å². The molecule has 4 aliphatic heterocycles. The van der Waals surface area contributed by atoms with E-state index in [-0.39, 0.29) is 25.7 Å². The molecule has 4 fully saturated rings. The molecule has 0 bridgehead atoms. The monoisotopic (exact) mass is 1900 g/mol. The van der Waals surface area contributed by atoms with Gasteiger partial charge in [0.2, 0.25) is 100 Å². The van der Waals surface area contributed by atoms with Crippen LogP contribution in [0.3, 0.4) is 0 Å². The minimum absolute atomic E-state index is 0.0862. The second kappa shape index (κ2) is 53.8. The third-order valence-electron chi connectivity index (χ3n) is 21.2. The van der Waals surface area contributed by atoms with Crippen molar-refractivity contribution in [3.63, 3.8) is 0 Å². The summed E-state index contributed by atoms with van der Waals surface area (Å²) in [7, 11) is 0. The van der Waals surface area contributed by atoms with E-state index >= 15 is 0 Å². The topological polar surface area (TPSA) is 896 Å². The van der Waals surface area contributed by atoms with Gasteiger partial charge in [0.05, 0.1) is 25.9 Å². The number of rotatable bonds is 52. The third kappa shape index (κ3) is 35.0. The van der Waals surface area contributed by atoms with E-state index in [2.05, 4.69) is 69.1 Å². The van der Waals surface area contributed by atoms with Crippen molar-refractivity contribution >= 4 is 112 Å². The van der Waals surface area contributed by atoms with Gasteiger partial charge >= 0.3 is 11.9 Å². The maximum atomic E-state index is 14.0. The Morgan fingerprint density at radius 2 is 0.667 bits per heavy atom. The number of aliphatic carboxylic acids is 1. The smallest absolute Gasteiger partial charge is 0.325 e. The number of hydrogen-bond donors (Lipinski definition) is 28. The molecule has 32 unspecified atom stereocenters. The third-order valence-corrected chi connectivity index (χ3v) is 21.2. The molecular formula is C76H126N18O38. The van der Waals surface area contributed by atoms with Crippen LogP contribution in [0.5, 0.6) is 0 Å². The SMILES string of the molecule is CC(=O)NC1C(OC2C(CO)OC(O)C(NC(C)=O)C2OC(C)C(=O)NC(C)C(=O)NC(CCC(=O)NC(CCCC(N)C(N)=O)C(=O)NC(C)C(=O)NC(CCCC(NC(=O)CCC(NC(=O)C(C)NC(=O)C(C)OC2C(NC(C)=O)C(O)OC(CO)C2OC2OC(COC(C)=O)C(O)C(O)C2NC(C)=O)C(N)=O)C(=O)NC(C)C(=O)O)C(N)=O)C(N)=O)OC(CO)C(O)C1O. The zero-order valence-electron chi connectivity index (χ0n) is 74.2. The number of hydrogen-bond acceptors (Lipinski definition) is 38. The van der Waals surface area contributed by atoms with Crippen LogP contribution in [0.2, 0.25) is 0 Å². The normalized spacial score (nSPS) is 27.9. The predicted molar refractivity (Wildman–Crippen MR) is 438 cm³/mol. The lowest BCUT2D eigenvalue weighted by Crippen LogP contribution is -2.70. The maximum Gasteiger partial charge on any atom is 0.325 e. The molecule has 56 heteroatoms. The van der Waals surface area contributed by atoms with Crippen molar-refractivity contribution in [2.75, 3.05) is 26.4 Å². The number of ether oxygens (including phenoxy) is 9. The first-order chi connectivity index (χ1) is 61.7. The lowest BCUT2D eigenvalue weighted by molar-refractivity contribution is -0.333. The van der Waals surface area contributed by atoms with Gasteiger partial charge in [-0.25, -0.2) is 0 Å². The predicted octanol–water partition coefficient (Wildman–Crippen LogP) is -16.1. The zero-order chi connectivity index (χ0) is 99.9. The number of carbonyl (C=O) groups excluding carboxylic acids is 18. The van der Waals surface area contributed by atoms with Crippen molar-refractivity contribution < 1.29 is 185 Å². The Hall–Kier alpha value is -10.8. The number of amides is 17. The van der Waals surface area contributed by atoms with E-state index in [0.717, 1.165) is 76.2 Å². The van der Waals surface area contributed by atoms with Gasteiger partial charge < -0.3 is 191 Å². The van der Waals surface area contributed by atoms with E-state index in [1.165, 1.54) is 0 Å². The van der Waals surface area contributed by atoms with Crippen molar-refractivity contribution in [2.24, 2.45) is 28.7 Å². The number of esters is 1. The molecule has 4 aliphatic rings. The van der Waals surface area contributed by atoms with E-state index in [4.69, 9.17) is 71.3 Å². The van der Waals surface area contributed by atoms with Gasteiger partial charge in [-0.3, -0.25) is 91.1 Å². The van der Waals surface area contributed by atoms with Crippen LogP contribution in [-0.2, 0) is 134 Å². The lowest BCUT2D eigenvalue weighted by atomic mass is 9.94. The average molecular weight is 1900 g/mol. The number of carboxylic acids is 1. The molecule has 0 saturated carbocycles. The Kier molecular flexibility index (Phi) is 46.3. The minimum atomic E-state index is -2.00. The summed E-state index contributed by atoms with van der Waals surface area (Å²) in [5, 5.41) is 136. The highest BCUT2D eigenvalue weighted by atomic mass is 16.7. The molecule has 17 amide bonds. The van der Waals surface area contributed by atoms with Crippen LogP contribution in [-0.4, -0.2) is 385 Å². The number of primary amides is 4. The minimum Gasteiger partial charge on any atom is -0.480 e. The van der Waals surface area contributed by atoms with Gasteiger partial charge in [-0.15, -0.1) is 0 Å². The summed E-state index contributed by atoms with van der Waals surface area (Å²) in [5.74, 6) is -19.6. The number of aliphatic hydroxyl groups excluding tert-OH is 9. The standard InChI is InChI=1S/C76H126N18O38/c1-26(82-68(116)30(5)125-59-51(88-34(9)100)73(122)127-44(23-96)57(59)131-75-49(86-32(7)98)55(107)53(105)43(22-95)129-75)65(113)93-39(63(80)111)18-20-47(103)90-41(16-12-14-37(77)61(78)109)70(118)84-28(3)67(115)92-38(62(79)110)15-13-17-42(71(119)85-29(4)72(120)121)91-48(104)21-19-40(64(81)112)94-66(114)27(2)83-69(117)31(6)126-60-52(89-35(10)101)74(123)128-45(24-97)58(60)132-76-50(87-33(8)99)56(108)54(106)46(130-76)25-124-36(11)102/h26-31,37-46,49-60,73-76,95-97,105-108,122-123H,12-25,77H2,1-11H3,(H2,78,109)(H2,79,110)(H2,80,111)(H2,81,112)(H,82,116)(H,83,117)(H,84,118)(H,85,119)(H,86,98)(H,87,99)(H,88,100)(H,89,101)(H,90,103)(H,91,104)(H,92,115)(H,93,113)(H,94,114)(H,120,121). The summed E-state index contributed by atoms with van der Waals surface area (Å²) in [5.41, 5.74) is 28.0.